The Morgan fingerprint density at radius 2 is 2.28 bits per heavy atom. The molecule has 5 nitrogen and oxygen atoms in total. The third-order valence-electron chi connectivity index (χ3n) is 2.60. The van der Waals surface area contributed by atoms with Crippen LogP contribution in [0.3, 0.4) is 0 Å². The third-order valence-corrected chi connectivity index (χ3v) is 2.84. The number of carbonyl (C=O) groups is 1. The Bertz CT molecular complexity index is 607. The molecular formula is C12H12ClN3O2. The minimum atomic E-state index is -1.07. The summed E-state index contributed by atoms with van der Waals surface area (Å²) in [5, 5.41) is 13.8. The summed E-state index contributed by atoms with van der Waals surface area (Å²) in [5.41, 5.74) is 7.15. The maximum absolute atomic E-state index is 11.0. The van der Waals surface area contributed by atoms with Crippen molar-refractivity contribution in [1.29, 1.82) is 0 Å². The molecule has 6 heteroatoms. The number of aromatic carboxylic acids is 1. The molecule has 0 unspecified atom stereocenters. The highest BCUT2D eigenvalue weighted by molar-refractivity contribution is 6.30. The number of nitrogen functional groups attached to an aromatic ring is 1. The standard InChI is InChI=1S/C12H12ClN3O2/c1-7-10(12(17)18)11(14)16(15-7)6-8-3-2-4-9(13)5-8/h2-5H,6,14H2,1H3,(H,17,18). The van der Waals surface area contributed by atoms with Gasteiger partial charge in [0.25, 0.3) is 0 Å². The summed E-state index contributed by atoms with van der Waals surface area (Å²) in [6.07, 6.45) is 0. The van der Waals surface area contributed by atoms with Gasteiger partial charge in [0.1, 0.15) is 11.4 Å². The number of hydrogen-bond donors (Lipinski definition) is 2. The minimum Gasteiger partial charge on any atom is -0.477 e. The van der Waals surface area contributed by atoms with Crippen LogP contribution in [0.2, 0.25) is 5.02 Å². The molecule has 0 aliphatic rings. The van der Waals surface area contributed by atoms with Gasteiger partial charge in [0.05, 0.1) is 12.2 Å². The van der Waals surface area contributed by atoms with Gasteiger partial charge in [0.2, 0.25) is 0 Å². The molecule has 0 spiro atoms. The predicted molar refractivity (Wildman–Crippen MR) is 68.9 cm³/mol. The molecule has 0 saturated heterocycles. The Morgan fingerprint density at radius 1 is 1.56 bits per heavy atom. The number of carboxylic acids is 1. The Labute approximate surface area is 109 Å². The van der Waals surface area contributed by atoms with Crippen LogP contribution in [0, 0.1) is 6.92 Å². The zero-order chi connectivity index (χ0) is 13.3. The van der Waals surface area contributed by atoms with Gasteiger partial charge in [-0.05, 0) is 24.6 Å². The number of nitrogens with zero attached hydrogens (tertiary/aromatic N) is 2. The fourth-order valence-corrected chi connectivity index (χ4v) is 2.01. The molecule has 18 heavy (non-hydrogen) atoms. The van der Waals surface area contributed by atoms with Crippen LogP contribution in [0.25, 0.3) is 0 Å². The van der Waals surface area contributed by atoms with Gasteiger partial charge in [-0.25, -0.2) is 9.48 Å². The van der Waals surface area contributed by atoms with E-state index in [4.69, 9.17) is 22.4 Å². The Hall–Kier alpha value is -2.01. The first kappa shape index (κ1) is 12.4. The first-order valence-corrected chi connectivity index (χ1v) is 5.67. The summed E-state index contributed by atoms with van der Waals surface area (Å²) >= 11 is 5.88. The van der Waals surface area contributed by atoms with E-state index in [1.54, 1.807) is 19.1 Å². The van der Waals surface area contributed by atoms with Gasteiger partial charge < -0.3 is 10.8 Å². The Kier molecular flexibility index (Phi) is 3.25. The molecule has 94 valence electrons. The van der Waals surface area contributed by atoms with Crippen LogP contribution in [0.5, 0.6) is 0 Å². The number of hydrogen-bond acceptors (Lipinski definition) is 3. The molecule has 1 aromatic heterocycles. The molecule has 2 rings (SSSR count). The van der Waals surface area contributed by atoms with E-state index in [0.29, 0.717) is 17.3 Å². The number of rotatable bonds is 3. The summed E-state index contributed by atoms with van der Waals surface area (Å²) < 4.78 is 1.46. The van der Waals surface area contributed by atoms with E-state index in [-0.39, 0.29) is 11.4 Å². The normalized spacial score (nSPS) is 10.6. The van der Waals surface area contributed by atoms with Crippen molar-refractivity contribution >= 4 is 23.4 Å². The molecule has 0 saturated carbocycles. The number of benzene rings is 1. The van der Waals surface area contributed by atoms with E-state index in [1.165, 1.54) is 4.68 Å². The van der Waals surface area contributed by atoms with E-state index in [2.05, 4.69) is 5.10 Å². The molecule has 1 aromatic carbocycles. The number of aryl methyl sites for hydroxylation is 1. The fourth-order valence-electron chi connectivity index (χ4n) is 1.79. The SMILES string of the molecule is Cc1nn(Cc2cccc(Cl)c2)c(N)c1C(=O)O. The molecule has 0 fully saturated rings. The monoisotopic (exact) mass is 265 g/mol. The zero-order valence-electron chi connectivity index (χ0n) is 9.72. The van der Waals surface area contributed by atoms with Crippen LogP contribution >= 0.6 is 11.6 Å². The van der Waals surface area contributed by atoms with Gasteiger partial charge in [0.15, 0.2) is 0 Å². The Morgan fingerprint density at radius 3 is 2.83 bits per heavy atom. The van der Waals surface area contributed by atoms with E-state index >= 15 is 0 Å². The lowest BCUT2D eigenvalue weighted by Crippen LogP contribution is -2.08. The lowest BCUT2D eigenvalue weighted by atomic mass is 10.2. The smallest absolute Gasteiger partial charge is 0.341 e. The molecule has 0 atom stereocenters. The van der Waals surface area contributed by atoms with Crippen molar-refractivity contribution in [2.24, 2.45) is 0 Å². The first-order valence-electron chi connectivity index (χ1n) is 5.29. The van der Waals surface area contributed by atoms with Crippen molar-refractivity contribution in [1.82, 2.24) is 9.78 Å². The van der Waals surface area contributed by atoms with Gasteiger partial charge >= 0.3 is 5.97 Å². The van der Waals surface area contributed by atoms with Crippen molar-refractivity contribution in [2.75, 3.05) is 5.73 Å². The Balaban J connectivity index is 2.36. The van der Waals surface area contributed by atoms with Gasteiger partial charge in [-0.15, -0.1) is 0 Å². The first-order chi connectivity index (χ1) is 8.49. The van der Waals surface area contributed by atoms with Crippen LogP contribution < -0.4 is 5.73 Å². The number of anilines is 1. The quantitative estimate of drug-likeness (QED) is 0.891. The lowest BCUT2D eigenvalue weighted by Gasteiger charge is -2.04. The maximum Gasteiger partial charge on any atom is 0.341 e. The second-order valence-electron chi connectivity index (χ2n) is 3.94. The second kappa shape index (κ2) is 4.70. The summed E-state index contributed by atoms with van der Waals surface area (Å²) in [4.78, 5) is 11.0. The number of nitrogens with two attached hydrogens (primary N) is 1. The molecule has 0 aliphatic carbocycles. The summed E-state index contributed by atoms with van der Waals surface area (Å²) in [6.45, 7) is 2.01. The van der Waals surface area contributed by atoms with Crippen LogP contribution in [0.15, 0.2) is 24.3 Å². The fraction of sp³-hybridized carbons (Fsp3) is 0.167. The number of carboxylic acid groups (broad SMARTS) is 1. The molecule has 0 radical (unpaired) electrons. The highest BCUT2D eigenvalue weighted by Gasteiger charge is 2.18. The van der Waals surface area contributed by atoms with Gasteiger partial charge in [0, 0.05) is 5.02 Å². The highest BCUT2D eigenvalue weighted by atomic mass is 35.5. The van der Waals surface area contributed by atoms with Gasteiger partial charge in [-0.2, -0.15) is 5.10 Å². The number of halogens is 1. The predicted octanol–water partition coefficient (Wildman–Crippen LogP) is 2.17. The van der Waals surface area contributed by atoms with Gasteiger partial charge in [-0.1, -0.05) is 23.7 Å². The molecule has 0 amide bonds. The van der Waals surface area contributed by atoms with Crippen molar-refractivity contribution in [3.05, 3.63) is 46.1 Å². The molecule has 2 aromatic rings. The van der Waals surface area contributed by atoms with E-state index in [0.717, 1.165) is 5.56 Å². The van der Waals surface area contributed by atoms with Crippen molar-refractivity contribution in [3.63, 3.8) is 0 Å². The average molecular weight is 266 g/mol. The van der Waals surface area contributed by atoms with Crippen LogP contribution in [0.4, 0.5) is 5.82 Å². The molecule has 0 aliphatic heterocycles. The van der Waals surface area contributed by atoms with Crippen LogP contribution in [-0.2, 0) is 6.54 Å². The molecule has 3 N–H and O–H groups in total. The third kappa shape index (κ3) is 2.31. The summed E-state index contributed by atoms with van der Waals surface area (Å²) in [7, 11) is 0. The average Bonchev–Trinajstić information content (AvgIpc) is 2.54. The summed E-state index contributed by atoms with van der Waals surface area (Å²) in [5.74, 6) is -0.915. The topological polar surface area (TPSA) is 81.1 Å². The van der Waals surface area contributed by atoms with Crippen LogP contribution in [-0.4, -0.2) is 20.9 Å². The van der Waals surface area contributed by atoms with E-state index in [9.17, 15) is 4.79 Å². The maximum atomic E-state index is 11.0. The molecule has 1 heterocycles. The van der Waals surface area contributed by atoms with Gasteiger partial charge in [-0.3, -0.25) is 0 Å². The highest BCUT2D eigenvalue weighted by Crippen LogP contribution is 2.18. The summed E-state index contributed by atoms with van der Waals surface area (Å²) in [6, 6.07) is 7.26. The van der Waals surface area contributed by atoms with Crippen molar-refractivity contribution < 1.29 is 9.90 Å². The molecular weight excluding hydrogens is 254 g/mol. The largest absolute Gasteiger partial charge is 0.477 e. The zero-order valence-corrected chi connectivity index (χ0v) is 10.5. The lowest BCUT2D eigenvalue weighted by molar-refractivity contribution is 0.0697. The number of aromatic nitrogens is 2. The van der Waals surface area contributed by atoms with Crippen LogP contribution in [0.1, 0.15) is 21.6 Å². The molecule has 0 bridgehead atoms. The van der Waals surface area contributed by atoms with Crippen molar-refractivity contribution in [2.45, 2.75) is 13.5 Å². The van der Waals surface area contributed by atoms with E-state index < -0.39 is 5.97 Å². The van der Waals surface area contributed by atoms with E-state index in [1.807, 2.05) is 12.1 Å². The van der Waals surface area contributed by atoms with Crippen molar-refractivity contribution in [3.8, 4) is 0 Å². The minimum absolute atomic E-state index is 0.0528. The second-order valence-corrected chi connectivity index (χ2v) is 4.37.